The second-order valence-corrected chi connectivity index (χ2v) is 17.1. The van der Waals surface area contributed by atoms with Gasteiger partial charge in [0.15, 0.2) is 0 Å². The summed E-state index contributed by atoms with van der Waals surface area (Å²) in [6, 6.07) is 62.0. The second-order valence-electron chi connectivity index (χ2n) is 17.1. The van der Waals surface area contributed by atoms with Crippen molar-refractivity contribution in [2.45, 2.75) is 52.4 Å². The highest BCUT2D eigenvalue weighted by Crippen LogP contribution is 2.67. The van der Waals surface area contributed by atoms with Crippen LogP contribution in [-0.4, -0.2) is 0 Å². The zero-order valence-corrected chi connectivity index (χ0v) is 33.5. The normalized spacial score (nSPS) is 16.1. The Morgan fingerprint density at radius 1 is 0.386 bits per heavy atom. The van der Waals surface area contributed by atoms with E-state index >= 15 is 0 Å². The molecule has 8 aromatic carbocycles. The van der Waals surface area contributed by atoms with E-state index in [1.165, 1.54) is 106 Å². The quantitative estimate of drug-likeness (QED) is 0.174. The smallest absolute Gasteiger partial charge is 0.0748 e. The molecule has 3 aliphatic rings. The largest absolute Gasteiger partial charge is 0.310 e. The zero-order chi connectivity index (χ0) is 38.8. The summed E-state index contributed by atoms with van der Waals surface area (Å²) in [5, 5.41) is 0. The minimum Gasteiger partial charge on any atom is -0.310 e. The molecule has 11 rings (SSSR count). The summed E-state index contributed by atoms with van der Waals surface area (Å²) in [7, 11) is 0. The molecule has 0 fully saturated rings. The fourth-order valence-electron chi connectivity index (χ4n) is 11.2. The van der Waals surface area contributed by atoms with Gasteiger partial charge in [-0.3, -0.25) is 0 Å². The molecule has 0 aromatic heterocycles. The fraction of sp³-hybridized carbons (Fsp3) is 0.143. The monoisotopic (exact) mass is 731 g/mol. The van der Waals surface area contributed by atoms with E-state index in [1.807, 2.05) is 0 Å². The van der Waals surface area contributed by atoms with Crippen molar-refractivity contribution in [3.8, 4) is 44.5 Å². The molecule has 0 aliphatic heterocycles. The van der Waals surface area contributed by atoms with Crippen LogP contribution in [0.4, 0.5) is 17.1 Å². The summed E-state index contributed by atoms with van der Waals surface area (Å²) in [6.45, 7) is 14.0. The average molecular weight is 732 g/mol. The van der Waals surface area contributed by atoms with Crippen LogP contribution in [0.2, 0.25) is 0 Å². The summed E-state index contributed by atoms with van der Waals surface area (Å²) in [4.78, 5) is 2.60. The van der Waals surface area contributed by atoms with Crippen LogP contribution in [-0.2, 0) is 10.8 Å². The number of para-hydroxylation sites is 1. The van der Waals surface area contributed by atoms with Crippen LogP contribution < -0.4 is 4.90 Å². The summed E-state index contributed by atoms with van der Waals surface area (Å²) >= 11 is 0. The van der Waals surface area contributed by atoms with Crippen LogP contribution >= 0.6 is 0 Å². The van der Waals surface area contributed by atoms with E-state index in [-0.39, 0.29) is 5.41 Å². The van der Waals surface area contributed by atoms with Crippen molar-refractivity contribution in [2.24, 2.45) is 0 Å². The lowest BCUT2D eigenvalue weighted by atomic mass is 9.68. The first-order valence-corrected chi connectivity index (χ1v) is 20.4. The van der Waals surface area contributed by atoms with Crippen molar-refractivity contribution < 1.29 is 0 Å². The van der Waals surface area contributed by atoms with E-state index in [4.69, 9.17) is 0 Å². The molecule has 1 atom stereocenters. The van der Waals surface area contributed by atoms with Gasteiger partial charge >= 0.3 is 0 Å². The maximum atomic E-state index is 2.60. The Hall–Kier alpha value is -6.44. The standard InChI is InChI=1S/C56H45N/c1-34-31-37(4)51-48(32-34)56(53-36(3)28-27-35(2)52(51)53)46-24-14-11-21-42(46)44-22-16-26-50(54(44)56)57(49-25-15-12-19-40(49)38-17-8-7-9-18-38)39-29-30-43-41-20-10-13-23-45(41)55(5,6)47(43)33-39/h7-33H,1-6H3. The topological polar surface area (TPSA) is 3.24 Å². The molecule has 0 bridgehead atoms. The first-order valence-electron chi connectivity index (χ1n) is 20.4. The Morgan fingerprint density at radius 3 is 1.79 bits per heavy atom. The van der Waals surface area contributed by atoms with Crippen molar-refractivity contribution in [2.75, 3.05) is 4.90 Å². The third-order valence-corrected chi connectivity index (χ3v) is 13.5. The highest BCUT2D eigenvalue weighted by atomic mass is 15.1. The van der Waals surface area contributed by atoms with Crippen LogP contribution in [0.1, 0.15) is 69.5 Å². The molecule has 1 heteroatoms. The molecule has 0 saturated heterocycles. The molecule has 57 heavy (non-hydrogen) atoms. The SMILES string of the molecule is Cc1cc(C)c2c(c1)C1(c3ccccc3-c3cccc(N(c4ccc5c(c4)C(C)(C)c4ccccc4-5)c4ccccc4-c4ccccc4)c31)c1c(C)ccc(C)c1-2. The number of benzene rings is 8. The van der Waals surface area contributed by atoms with Crippen LogP contribution in [0.15, 0.2) is 164 Å². The molecule has 0 saturated carbocycles. The van der Waals surface area contributed by atoms with Crippen molar-refractivity contribution in [1.82, 2.24) is 0 Å². The predicted octanol–water partition coefficient (Wildman–Crippen LogP) is 14.7. The Morgan fingerprint density at radius 2 is 1.00 bits per heavy atom. The van der Waals surface area contributed by atoms with E-state index in [1.54, 1.807) is 0 Å². The minimum atomic E-state index is -0.522. The molecule has 1 nitrogen and oxygen atoms in total. The highest BCUT2D eigenvalue weighted by Gasteiger charge is 2.55. The number of fused-ring (bicyclic) bond motifs is 13. The molecule has 274 valence electrons. The number of hydrogen-bond acceptors (Lipinski definition) is 1. The zero-order valence-electron chi connectivity index (χ0n) is 33.5. The Kier molecular flexibility index (Phi) is 7.15. The van der Waals surface area contributed by atoms with Crippen LogP contribution in [0.5, 0.6) is 0 Å². The van der Waals surface area contributed by atoms with Crippen molar-refractivity contribution in [1.29, 1.82) is 0 Å². The average Bonchev–Trinajstić information content (AvgIpc) is 3.80. The van der Waals surface area contributed by atoms with Crippen molar-refractivity contribution in [3.05, 3.63) is 219 Å². The number of hydrogen-bond donors (Lipinski definition) is 0. The van der Waals surface area contributed by atoms with Gasteiger partial charge < -0.3 is 4.90 Å². The van der Waals surface area contributed by atoms with Gasteiger partial charge in [0.05, 0.1) is 16.8 Å². The maximum Gasteiger partial charge on any atom is 0.0748 e. The second kappa shape index (κ2) is 12.0. The van der Waals surface area contributed by atoms with Crippen molar-refractivity contribution in [3.63, 3.8) is 0 Å². The van der Waals surface area contributed by atoms with Crippen molar-refractivity contribution >= 4 is 17.1 Å². The lowest BCUT2D eigenvalue weighted by Crippen LogP contribution is -2.29. The third-order valence-electron chi connectivity index (χ3n) is 13.5. The number of anilines is 3. The summed E-state index contributed by atoms with van der Waals surface area (Å²) in [6.07, 6.45) is 0. The minimum absolute atomic E-state index is 0.143. The molecule has 1 spiro atoms. The molecule has 0 heterocycles. The first-order chi connectivity index (χ1) is 27.7. The molecular formula is C56H45N. The van der Waals surface area contributed by atoms with Gasteiger partial charge in [-0.05, 0) is 135 Å². The van der Waals surface area contributed by atoms with Gasteiger partial charge in [-0.15, -0.1) is 0 Å². The Labute approximate surface area is 336 Å². The van der Waals surface area contributed by atoms with E-state index in [0.29, 0.717) is 0 Å². The lowest BCUT2D eigenvalue weighted by Gasteiger charge is -2.37. The van der Waals surface area contributed by atoms with Gasteiger partial charge in [-0.25, -0.2) is 0 Å². The predicted molar refractivity (Wildman–Crippen MR) is 239 cm³/mol. The summed E-state index contributed by atoms with van der Waals surface area (Å²) < 4.78 is 0. The van der Waals surface area contributed by atoms with Gasteiger partial charge in [0.25, 0.3) is 0 Å². The Balaban J connectivity index is 1.29. The van der Waals surface area contributed by atoms with Gasteiger partial charge in [-0.1, -0.05) is 159 Å². The third kappa shape index (κ3) is 4.46. The van der Waals surface area contributed by atoms with Gasteiger partial charge in [0, 0.05) is 22.2 Å². The number of nitrogens with zero attached hydrogens (tertiary/aromatic N) is 1. The molecule has 0 radical (unpaired) electrons. The highest BCUT2D eigenvalue weighted by molar-refractivity contribution is 6.02. The fourth-order valence-corrected chi connectivity index (χ4v) is 11.2. The molecule has 3 aliphatic carbocycles. The van der Waals surface area contributed by atoms with Crippen LogP contribution in [0.25, 0.3) is 44.5 Å². The first kappa shape index (κ1) is 33.9. The number of aryl methyl sites for hydroxylation is 4. The van der Waals surface area contributed by atoms with E-state index in [2.05, 4.69) is 210 Å². The molecule has 8 aromatic rings. The summed E-state index contributed by atoms with van der Waals surface area (Å²) in [5.74, 6) is 0. The maximum absolute atomic E-state index is 2.60. The molecule has 0 amide bonds. The van der Waals surface area contributed by atoms with Crippen LogP contribution in [0.3, 0.4) is 0 Å². The van der Waals surface area contributed by atoms with Gasteiger partial charge in [0.1, 0.15) is 0 Å². The summed E-state index contributed by atoms with van der Waals surface area (Å²) in [5.41, 5.74) is 26.9. The van der Waals surface area contributed by atoms with E-state index < -0.39 is 5.41 Å². The van der Waals surface area contributed by atoms with E-state index in [0.717, 1.165) is 11.4 Å². The molecule has 0 N–H and O–H groups in total. The molecule has 1 unspecified atom stereocenters. The van der Waals surface area contributed by atoms with E-state index in [9.17, 15) is 0 Å². The number of rotatable bonds is 4. The van der Waals surface area contributed by atoms with Gasteiger partial charge in [0.2, 0.25) is 0 Å². The lowest BCUT2D eigenvalue weighted by molar-refractivity contribution is 0.660. The van der Waals surface area contributed by atoms with Gasteiger partial charge in [-0.2, -0.15) is 0 Å². The Bertz CT molecular complexity index is 2980. The molecular weight excluding hydrogens is 687 g/mol. The van der Waals surface area contributed by atoms with Crippen LogP contribution in [0, 0.1) is 27.7 Å².